The van der Waals surface area contributed by atoms with Crippen molar-refractivity contribution in [1.29, 1.82) is 0 Å². The van der Waals surface area contributed by atoms with Gasteiger partial charge in [0.15, 0.2) is 0 Å². The van der Waals surface area contributed by atoms with Crippen LogP contribution in [0.1, 0.15) is 18.4 Å². The molecule has 0 heterocycles. The number of halogens is 1. The molecule has 0 radical (unpaired) electrons. The van der Waals surface area contributed by atoms with Gasteiger partial charge >= 0.3 is 0 Å². The van der Waals surface area contributed by atoms with Crippen molar-refractivity contribution in [3.05, 3.63) is 28.2 Å². The number of sulfonamides is 1. The normalized spacial score (nSPS) is 17.7. The van der Waals surface area contributed by atoms with E-state index in [4.69, 9.17) is 5.73 Å². The summed E-state index contributed by atoms with van der Waals surface area (Å²) >= 11 is 3.35. The Hall–Kier alpha value is -0.430. The minimum Gasteiger partial charge on any atom is -0.329 e. The summed E-state index contributed by atoms with van der Waals surface area (Å²) < 4.78 is 28.1. The highest BCUT2D eigenvalue weighted by atomic mass is 79.9. The Morgan fingerprint density at radius 1 is 1.50 bits per heavy atom. The summed E-state index contributed by atoms with van der Waals surface area (Å²) in [6, 6.07) is 5.02. The molecule has 1 aliphatic carbocycles. The van der Waals surface area contributed by atoms with Gasteiger partial charge in [0.1, 0.15) is 0 Å². The smallest absolute Gasteiger partial charge is 0.241 e. The van der Waals surface area contributed by atoms with Gasteiger partial charge in [-0.3, -0.25) is 0 Å². The molecular formula is C12H17BrN2O2S. The molecule has 2 rings (SSSR count). The van der Waals surface area contributed by atoms with Crippen LogP contribution in [0.25, 0.3) is 0 Å². The van der Waals surface area contributed by atoms with E-state index in [1.165, 1.54) is 0 Å². The van der Waals surface area contributed by atoms with Crippen LogP contribution in [0.2, 0.25) is 0 Å². The van der Waals surface area contributed by atoms with Crippen molar-refractivity contribution >= 4 is 26.0 Å². The summed E-state index contributed by atoms with van der Waals surface area (Å²) in [7, 11) is -3.49. The van der Waals surface area contributed by atoms with Crippen LogP contribution in [0.3, 0.4) is 0 Å². The van der Waals surface area contributed by atoms with Gasteiger partial charge in [0.05, 0.1) is 4.90 Å². The third-order valence-corrected chi connectivity index (χ3v) is 5.75. The zero-order valence-electron chi connectivity index (χ0n) is 10.2. The van der Waals surface area contributed by atoms with Crippen molar-refractivity contribution in [2.45, 2.75) is 30.7 Å². The maximum absolute atomic E-state index is 12.3. The quantitative estimate of drug-likeness (QED) is 0.863. The Morgan fingerprint density at radius 3 is 2.72 bits per heavy atom. The fourth-order valence-electron chi connectivity index (χ4n) is 1.98. The average Bonchev–Trinajstić information content (AvgIpc) is 3.13. The van der Waals surface area contributed by atoms with Gasteiger partial charge in [-0.05, 0) is 43.4 Å². The van der Waals surface area contributed by atoms with Crippen LogP contribution in [-0.2, 0) is 10.0 Å². The van der Waals surface area contributed by atoms with E-state index >= 15 is 0 Å². The number of hydrogen-bond donors (Lipinski definition) is 2. The topological polar surface area (TPSA) is 72.2 Å². The van der Waals surface area contributed by atoms with Crippen LogP contribution in [0.4, 0.5) is 0 Å². The number of nitrogens with two attached hydrogens (primary N) is 1. The molecule has 0 spiro atoms. The predicted octanol–water partition coefficient (Wildman–Crippen LogP) is 1.77. The standard InChI is InChI=1S/C12H17BrN2O2S/c1-8-10(13)3-2-4-12(8)18(16,17)15-11(7-14)9-5-6-9/h2-4,9,11,15H,5-7,14H2,1H3. The molecule has 1 aromatic carbocycles. The van der Waals surface area contributed by atoms with E-state index in [-0.39, 0.29) is 6.04 Å². The lowest BCUT2D eigenvalue weighted by Gasteiger charge is -2.17. The summed E-state index contributed by atoms with van der Waals surface area (Å²) in [5.41, 5.74) is 6.35. The second-order valence-electron chi connectivity index (χ2n) is 4.66. The molecule has 1 aliphatic rings. The summed E-state index contributed by atoms with van der Waals surface area (Å²) in [6.45, 7) is 2.13. The van der Waals surface area contributed by atoms with E-state index in [1.807, 2.05) is 6.07 Å². The fraction of sp³-hybridized carbons (Fsp3) is 0.500. The first-order valence-corrected chi connectivity index (χ1v) is 8.21. The van der Waals surface area contributed by atoms with E-state index in [9.17, 15) is 8.42 Å². The molecule has 1 aromatic rings. The van der Waals surface area contributed by atoms with Crippen LogP contribution >= 0.6 is 15.9 Å². The van der Waals surface area contributed by atoms with Crippen LogP contribution < -0.4 is 10.5 Å². The summed E-state index contributed by atoms with van der Waals surface area (Å²) in [6.07, 6.45) is 2.11. The first-order chi connectivity index (χ1) is 8.45. The minimum atomic E-state index is -3.49. The van der Waals surface area contributed by atoms with Gasteiger partial charge in [-0.25, -0.2) is 13.1 Å². The molecule has 0 aromatic heterocycles. The lowest BCUT2D eigenvalue weighted by molar-refractivity contribution is 0.519. The number of nitrogens with one attached hydrogen (secondary N) is 1. The van der Waals surface area contributed by atoms with E-state index in [0.29, 0.717) is 17.4 Å². The van der Waals surface area contributed by atoms with E-state index < -0.39 is 10.0 Å². The third kappa shape index (κ3) is 2.93. The largest absolute Gasteiger partial charge is 0.329 e. The van der Waals surface area contributed by atoms with Gasteiger partial charge in [0.25, 0.3) is 0 Å². The third-order valence-electron chi connectivity index (χ3n) is 3.26. The van der Waals surface area contributed by atoms with Gasteiger partial charge in [0.2, 0.25) is 10.0 Å². The van der Waals surface area contributed by atoms with Crippen molar-refractivity contribution in [2.24, 2.45) is 11.7 Å². The maximum Gasteiger partial charge on any atom is 0.241 e. The van der Waals surface area contributed by atoms with E-state index in [1.54, 1.807) is 19.1 Å². The van der Waals surface area contributed by atoms with Gasteiger partial charge in [-0.1, -0.05) is 22.0 Å². The summed E-state index contributed by atoms with van der Waals surface area (Å²) in [4.78, 5) is 0.316. The molecule has 1 unspecified atom stereocenters. The van der Waals surface area contributed by atoms with Crippen LogP contribution in [-0.4, -0.2) is 21.0 Å². The molecule has 4 nitrogen and oxygen atoms in total. The Kier molecular flexibility index (Phi) is 4.11. The molecule has 6 heteroatoms. The molecule has 1 saturated carbocycles. The molecule has 18 heavy (non-hydrogen) atoms. The van der Waals surface area contributed by atoms with Crippen molar-refractivity contribution in [3.63, 3.8) is 0 Å². The van der Waals surface area contributed by atoms with Gasteiger partial charge in [-0.2, -0.15) is 0 Å². The Morgan fingerprint density at radius 2 is 2.17 bits per heavy atom. The highest BCUT2D eigenvalue weighted by Crippen LogP contribution is 2.33. The SMILES string of the molecule is Cc1c(Br)cccc1S(=O)(=O)NC(CN)C1CC1. The average molecular weight is 333 g/mol. The second kappa shape index (κ2) is 5.28. The fourth-order valence-corrected chi connectivity index (χ4v) is 4.06. The molecule has 3 N–H and O–H groups in total. The van der Waals surface area contributed by atoms with Crippen LogP contribution in [0, 0.1) is 12.8 Å². The minimum absolute atomic E-state index is 0.145. The van der Waals surface area contributed by atoms with Crippen molar-refractivity contribution in [3.8, 4) is 0 Å². The number of hydrogen-bond acceptors (Lipinski definition) is 3. The van der Waals surface area contributed by atoms with E-state index in [0.717, 1.165) is 22.9 Å². The second-order valence-corrected chi connectivity index (χ2v) is 7.20. The van der Waals surface area contributed by atoms with Crippen molar-refractivity contribution in [1.82, 2.24) is 4.72 Å². The molecular weight excluding hydrogens is 316 g/mol. The Bertz CT molecular complexity index is 541. The monoisotopic (exact) mass is 332 g/mol. The molecule has 1 atom stereocenters. The molecule has 0 amide bonds. The predicted molar refractivity (Wildman–Crippen MR) is 74.8 cm³/mol. The highest BCUT2D eigenvalue weighted by Gasteiger charge is 2.33. The lowest BCUT2D eigenvalue weighted by Crippen LogP contribution is -2.41. The van der Waals surface area contributed by atoms with Crippen molar-refractivity contribution < 1.29 is 8.42 Å². The van der Waals surface area contributed by atoms with Crippen molar-refractivity contribution in [2.75, 3.05) is 6.54 Å². The molecule has 100 valence electrons. The molecule has 1 fully saturated rings. The first-order valence-electron chi connectivity index (χ1n) is 5.93. The molecule has 0 saturated heterocycles. The Balaban J connectivity index is 2.27. The maximum atomic E-state index is 12.3. The van der Waals surface area contributed by atoms with Crippen LogP contribution in [0.5, 0.6) is 0 Å². The van der Waals surface area contributed by atoms with E-state index in [2.05, 4.69) is 20.7 Å². The zero-order valence-corrected chi connectivity index (χ0v) is 12.6. The highest BCUT2D eigenvalue weighted by molar-refractivity contribution is 9.10. The van der Waals surface area contributed by atoms with Crippen LogP contribution in [0.15, 0.2) is 27.6 Å². The molecule has 0 bridgehead atoms. The Labute approximate surface area is 116 Å². The zero-order chi connectivity index (χ0) is 13.3. The number of rotatable bonds is 5. The van der Waals surface area contributed by atoms with Gasteiger partial charge in [0, 0.05) is 17.1 Å². The molecule has 0 aliphatic heterocycles. The summed E-state index contributed by atoms with van der Waals surface area (Å²) in [5, 5.41) is 0. The van der Waals surface area contributed by atoms with Gasteiger partial charge < -0.3 is 5.73 Å². The first kappa shape index (κ1) is 14.0. The lowest BCUT2D eigenvalue weighted by atomic mass is 10.2. The summed E-state index contributed by atoms with van der Waals surface area (Å²) in [5.74, 6) is 0.400. The van der Waals surface area contributed by atoms with Gasteiger partial charge in [-0.15, -0.1) is 0 Å². The number of benzene rings is 1.